The number of amides is 1. The van der Waals surface area contributed by atoms with E-state index < -0.39 is 11.9 Å². The Balaban J connectivity index is 1.56. The molecule has 1 amide bonds. The van der Waals surface area contributed by atoms with E-state index >= 15 is 0 Å². The molecule has 2 aliphatic rings. The van der Waals surface area contributed by atoms with Gasteiger partial charge in [-0.05, 0) is 25.8 Å². The fourth-order valence-corrected chi connectivity index (χ4v) is 3.32. The van der Waals surface area contributed by atoms with Crippen molar-refractivity contribution in [3.05, 3.63) is 35.9 Å². The van der Waals surface area contributed by atoms with Crippen molar-refractivity contribution in [2.75, 3.05) is 6.61 Å². The average Bonchev–Trinajstić information content (AvgIpc) is 3.00. The Kier molecular flexibility index (Phi) is 4.57. The Hall–Kier alpha value is -1.63. The summed E-state index contributed by atoms with van der Waals surface area (Å²) in [5.41, 5.74) is 0.932. The van der Waals surface area contributed by atoms with Gasteiger partial charge in [0.25, 0.3) is 0 Å². The Bertz CT molecular complexity index is 547. The lowest BCUT2D eigenvalue weighted by molar-refractivity contribution is -0.160. The van der Waals surface area contributed by atoms with E-state index in [1.165, 1.54) is 0 Å². The van der Waals surface area contributed by atoms with Crippen LogP contribution in [0.25, 0.3) is 0 Å². The first-order valence-corrected chi connectivity index (χ1v) is 7.92. The smallest absolute Gasteiger partial charge is 0.407 e. The summed E-state index contributed by atoms with van der Waals surface area (Å²) in [7, 11) is 0. The van der Waals surface area contributed by atoms with Crippen LogP contribution < -0.4 is 5.32 Å². The minimum absolute atomic E-state index is 0.0118. The first kappa shape index (κ1) is 16.2. The van der Waals surface area contributed by atoms with E-state index in [0.29, 0.717) is 6.42 Å². The second-order valence-electron chi connectivity index (χ2n) is 6.56. The van der Waals surface area contributed by atoms with Gasteiger partial charge in [0.2, 0.25) is 0 Å². The standard InChI is InChI=1S/C17H23NO5/c1-17(2)22-14-12(9-19)8-13(15(14)23-17)18-16(20)21-10-11-6-4-3-5-7-11/h3-7,12-15,19H,8-10H2,1-2H3,(H,18,20). The highest BCUT2D eigenvalue weighted by Gasteiger charge is 2.54. The van der Waals surface area contributed by atoms with E-state index in [-0.39, 0.29) is 37.4 Å². The number of fused-ring (bicyclic) bond motifs is 1. The molecule has 126 valence electrons. The molecular weight excluding hydrogens is 298 g/mol. The van der Waals surface area contributed by atoms with E-state index in [9.17, 15) is 9.90 Å². The molecule has 0 radical (unpaired) electrons. The molecule has 1 saturated heterocycles. The van der Waals surface area contributed by atoms with Gasteiger partial charge >= 0.3 is 6.09 Å². The Morgan fingerprint density at radius 3 is 2.70 bits per heavy atom. The molecule has 23 heavy (non-hydrogen) atoms. The van der Waals surface area contributed by atoms with Crippen molar-refractivity contribution in [2.24, 2.45) is 5.92 Å². The van der Waals surface area contributed by atoms with Crippen LogP contribution in [0.4, 0.5) is 4.79 Å². The maximum Gasteiger partial charge on any atom is 0.407 e. The molecular formula is C17H23NO5. The topological polar surface area (TPSA) is 77.0 Å². The number of hydrogen-bond donors (Lipinski definition) is 2. The van der Waals surface area contributed by atoms with Gasteiger partial charge in [0, 0.05) is 12.5 Å². The van der Waals surface area contributed by atoms with Crippen molar-refractivity contribution in [1.82, 2.24) is 5.32 Å². The quantitative estimate of drug-likeness (QED) is 0.884. The first-order valence-electron chi connectivity index (χ1n) is 7.92. The van der Waals surface area contributed by atoms with Crippen LogP contribution in [-0.2, 0) is 20.8 Å². The number of benzene rings is 1. The van der Waals surface area contributed by atoms with Gasteiger partial charge in [-0.3, -0.25) is 0 Å². The van der Waals surface area contributed by atoms with Crippen molar-refractivity contribution >= 4 is 6.09 Å². The number of aliphatic hydroxyl groups excluding tert-OH is 1. The molecule has 6 heteroatoms. The molecule has 0 bridgehead atoms. The first-order chi connectivity index (χ1) is 11.0. The van der Waals surface area contributed by atoms with Crippen LogP contribution in [0.5, 0.6) is 0 Å². The lowest BCUT2D eigenvalue weighted by Crippen LogP contribution is -2.43. The molecule has 2 fully saturated rings. The zero-order valence-electron chi connectivity index (χ0n) is 13.4. The highest BCUT2D eigenvalue weighted by molar-refractivity contribution is 5.67. The van der Waals surface area contributed by atoms with Gasteiger partial charge in [-0.1, -0.05) is 30.3 Å². The summed E-state index contributed by atoms with van der Waals surface area (Å²) in [4.78, 5) is 12.0. The summed E-state index contributed by atoms with van der Waals surface area (Å²) >= 11 is 0. The van der Waals surface area contributed by atoms with Crippen molar-refractivity contribution in [2.45, 2.75) is 50.9 Å². The van der Waals surface area contributed by atoms with Crippen LogP contribution in [0.2, 0.25) is 0 Å². The predicted molar refractivity (Wildman–Crippen MR) is 82.6 cm³/mol. The number of rotatable bonds is 4. The SMILES string of the molecule is CC1(C)OC2C(CO)CC(NC(=O)OCc3ccccc3)C2O1. The fraction of sp³-hybridized carbons (Fsp3) is 0.588. The van der Waals surface area contributed by atoms with Gasteiger partial charge in [0.1, 0.15) is 12.7 Å². The van der Waals surface area contributed by atoms with E-state index in [1.807, 2.05) is 44.2 Å². The molecule has 1 saturated carbocycles. The number of carbonyl (C=O) groups excluding carboxylic acids is 1. The minimum atomic E-state index is -0.697. The summed E-state index contributed by atoms with van der Waals surface area (Å²) in [5.74, 6) is -0.738. The summed E-state index contributed by atoms with van der Waals surface area (Å²) in [6.45, 7) is 3.91. The number of carbonyl (C=O) groups is 1. The third kappa shape index (κ3) is 3.65. The van der Waals surface area contributed by atoms with Crippen LogP contribution >= 0.6 is 0 Å². The van der Waals surface area contributed by atoms with Crippen LogP contribution in [0.15, 0.2) is 30.3 Å². The zero-order valence-corrected chi connectivity index (χ0v) is 13.4. The highest BCUT2D eigenvalue weighted by atomic mass is 16.8. The predicted octanol–water partition coefficient (Wildman–Crippen LogP) is 1.81. The van der Waals surface area contributed by atoms with Crippen LogP contribution in [0, 0.1) is 5.92 Å². The third-order valence-corrected chi connectivity index (χ3v) is 4.33. The number of alkyl carbamates (subject to hydrolysis) is 1. The second kappa shape index (κ2) is 6.47. The lowest BCUT2D eigenvalue weighted by atomic mass is 10.1. The van der Waals surface area contributed by atoms with Crippen LogP contribution in [-0.4, -0.2) is 41.8 Å². The summed E-state index contributed by atoms with van der Waals surface area (Å²) in [6.07, 6.45) is -0.326. The van der Waals surface area contributed by atoms with E-state index in [0.717, 1.165) is 5.56 Å². The Morgan fingerprint density at radius 2 is 2.00 bits per heavy atom. The number of ether oxygens (including phenoxy) is 3. The fourth-order valence-electron chi connectivity index (χ4n) is 3.32. The highest BCUT2D eigenvalue weighted by Crippen LogP contribution is 2.41. The molecule has 1 aromatic rings. The van der Waals surface area contributed by atoms with Crippen molar-refractivity contribution in [3.63, 3.8) is 0 Å². The van der Waals surface area contributed by atoms with E-state index in [1.54, 1.807) is 0 Å². The molecule has 1 heterocycles. The maximum atomic E-state index is 12.0. The number of nitrogens with one attached hydrogen (secondary N) is 1. The normalized spacial score (nSPS) is 31.6. The Labute approximate surface area is 135 Å². The summed E-state index contributed by atoms with van der Waals surface area (Å²) in [5, 5.41) is 12.4. The van der Waals surface area contributed by atoms with E-state index in [2.05, 4.69) is 5.32 Å². The molecule has 1 aromatic carbocycles. The number of hydrogen-bond acceptors (Lipinski definition) is 5. The van der Waals surface area contributed by atoms with Crippen molar-refractivity contribution < 1.29 is 24.1 Å². The van der Waals surface area contributed by atoms with Gasteiger partial charge in [0.15, 0.2) is 5.79 Å². The van der Waals surface area contributed by atoms with Gasteiger partial charge < -0.3 is 24.6 Å². The molecule has 4 unspecified atom stereocenters. The van der Waals surface area contributed by atoms with Gasteiger partial charge in [-0.25, -0.2) is 4.79 Å². The molecule has 0 aromatic heterocycles. The monoisotopic (exact) mass is 321 g/mol. The zero-order chi connectivity index (χ0) is 16.4. The largest absolute Gasteiger partial charge is 0.445 e. The second-order valence-corrected chi connectivity index (χ2v) is 6.56. The average molecular weight is 321 g/mol. The third-order valence-electron chi connectivity index (χ3n) is 4.33. The maximum absolute atomic E-state index is 12.0. The number of aliphatic hydroxyl groups is 1. The molecule has 0 spiro atoms. The molecule has 6 nitrogen and oxygen atoms in total. The Morgan fingerprint density at radius 1 is 1.30 bits per heavy atom. The molecule has 2 N–H and O–H groups in total. The molecule has 4 atom stereocenters. The van der Waals surface area contributed by atoms with Gasteiger partial charge in [0.05, 0.1) is 12.1 Å². The summed E-state index contributed by atoms with van der Waals surface area (Å²) < 4.78 is 17.0. The molecule has 3 rings (SSSR count). The molecule has 1 aliphatic carbocycles. The minimum Gasteiger partial charge on any atom is -0.445 e. The van der Waals surface area contributed by atoms with Gasteiger partial charge in [-0.2, -0.15) is 0 Å². The van der Waals surface area contributed by atoms with Crippen molar-refractivity contribution in [1.29, 1.82) is 0 Å². The van der Waals surface area contributed by atoms with Crippen LogP contribution in [0.1, 0.15) is 25.8 Å². The van der Waals surface area contributed by atoms with Crippen LogP contribution in [0.3, 0.4) is 0 Å². The molecule has 1 aliphatic heterocycles. The van der Waals surface area contributed by atoms with Crippen molar-refractivity contribution in [3.8, 4) is 0 Å². The van der Waals surface area contributed by atoms with Gasteiger partial charge in [-0.15, -0.1) is 0 Å². The summed E-state index contributed by atoms with van der Waals surface area (Å²) in [6, 6.07) is 9.29. The van der Waals surface area contributed by atoms with E-state index in [4.69, 9.17) is 14.2 Å². The lowest BCUT2D eigenvalue weighted by Gasteiger charge is -2.23.